The van der Waals surface area contributed by atoms with E-state index >= 15 is 0 Å². The second kappa shape index (κ2) is 7.54. The molecule has 122 valence electrons. The van der Waals surface area contributed by atoms with Crippen LogP contribution in [0.3, 0.4) is 0 Å². The highest BCUT2D eigenvalue weighted by Gasteiger charge is 2.16. The second-order valence-electron chi connectivity index (χ2n) is 5.12. The van der Waals surface area contributed by atoms with Crippen molar-refractivity contribution in [1.29, 1.82) is 0 Å². The smallest absolute Gasteiger partial charge is 0.203 e. The average molecular weight is 315 g/mol. The molecule has 0 spiro atoms. The first-order valence-corrected chi connectivity index (χ1v) is 7.19. The Morgan fingerprint density at radius 1 is 0.957 bits per heavy atom. The summed E-state index contributed by atoms with van der Waals surface area (Å²) in [5, 5.41) is 12.9. The number of ether oxygens (including phenoxy) is 3. The van der Waals surface area contributed by atoms with Gasteiger partial charge in [0, 0.05) is 12.0 Å². The molecule has 0 atom stereocenters. The first kappa shape index (κ1) is 16.7. The minimum absolute atomic E-state index is 0.495. The lowest BCUT2D eigenvalue weighted by Gasteiger charge is -2.14. The lowest BCUT2D eigenvalue weighted by atomic mass is 10.0. The molecule has 0 heterocycles. The highest BCUT2D eigenvalue weighted by Crippen LogP contribution is 2.38. The molecule has 0 aliphatic heterocycles. The van der Waals surface area contributed by atoms with E-state index in [1.165, 1.54) is 5.56 Å². The molecule has 5 nitrogen and oxygen atoms in total. The zero-order valence-corrected chi connectivity index (χ0v) is 13.8. The summed E-state index contributed by atoms with van der Waals surface area (Å²) in [6, 6.07) is 11.6. The number of nitrogens with zero attached hydrogens (tertiary/aromatic N) is 1. The van der Waals surface area contributed by atoms with Crippen LogP contribution in [-0.4, -0.2) is 32.2 Å². The quantitative estimate of drug-likeness (QED) is 0.504. The van der Waals surface area contributed by atoms with Gasteiger partial charge in [-0.05, 0) is 24.6 Å². The van der Waals surface area contributed by atoms with Crippen molar-refractivity contribution in [1.82, 2.24) is 0 Å². The lowest BCUT2D eigenvalue weighted by Crippen LogP contribution is -2.07. The summed E-state index contributed by atoms with van der Waals surface area (Å²) >= 11 is 0. The van der Waals surface area contributed by atoms with Gasteiger partial charge >= 0.3 is 0 Å². The van der Waals surface area contributed by atoms with Crippen molar-refractivity contribution in [2.45, 2.75) is 13.3 Å². The first-order valence-electron chi connectivity index (χ1n) is 7.19. The summed E-state index contributed by atoms with van der Waals surface area (Å²) in [5.41, 5.74) is 3.47. The molecular formula is C18H21NO4. The molecule has 0 saturated carbocycles. The third-order valence-electron chi connectivity index (χ3n) is 3.61. The van der Waals surface area contributed by atoms with Crippen LogP contribution in [0.15, 0.2) is 41.6 Å². The van der Waals surface area contributed by atoms with Gasteiger partial charge in [0.25, 0.3) is 0 Å². The molecule has 0 aliphatic rings. The number of aryl methyl sites for hydroxylation is 1. The van der Waals surface area contributed by atoms with Gasteiger partial charge in [0.05, 0.1) is 27.0 Å². The van der Waals surface area contributed by atoms with E-state index < -0.39 is 0 Å². The molecule has 0 amide bonds. The molecule has 0 aromatic heterocycles. The highest BCUT2D eigenvalue weighted by molar-refractivity contribution is 6.02. The number of methoxy groups -OCH3 is 3. The average Bonchev–Trinajstić information content (AvgIpc) is 2.59. The van der Waals surface area contributed by atoms with Gasteiger partial charge in [0.1, 0.15) is 0 Å². The minimum Gasteiger partial charge on any atom is -0.493 e. The third kappa shape index (κ3) is 3.74. The van der Waals surface area contributed by atoms with Gasteiger partial charge in [0.2, 0.25) is 5.75 Å². The summed E-state index contributed by atoms with van der Waals surface area (Å²) in [6.07, 6.45) is 0.495. The van der Waals surface area contributed by atoms with E-state index in [4.69, 9.17) is 14.2 Å². The van der Waals surface area contributed by atoms with Crippen molar-refractivity contribution in [2.24, 2.45) is 5.16 Å². The number of benzene rings is 2. The molecule has 23 heavy (non-hydrogen) atoms. The number of hydrogen-bond donors (Lipinski definition) is 1. The van der Waals surface area contributed by atoms with Crippen molar-refractivity contribution in [3.63, 3.8) is 0 Å². The van der Waals surface area contributed by atoms with Crippen molar-refractivity contribution < 1.29 is 19.4 Å². The Morgan fingerprint density at radius 3 is 1.96 bits per heavy atom. The molecule has 0 aliphatic carbocycles. The van der Waals surface area contributed by atoms with Gasteiger partial charge in [0.15, 0.2) is 11.5 Å². The van der Waals surface area contributed by atoms with Crippen molar-refractivity contribution in [3.8, 4) is 17.2 Å². The Labute approximate surface area is 136 Å². The van der Waals surface area contributed by atoms with Crippen LogP contribution >= 0.6 is 0 Å². The zero-order chi connectivity index (χ0) is 16.8. The van der Waals surface area contributed by atoms with Crippen LogP contribution in [0.2, 0.25) is 0 Å². The molecule has 0 saturated heterocycles. The molecule has 0 unspecified atom stereocenters. The number of oxime groups is 1. The summed E-state index contributed by atoms with van der Waals surface area (Å²) in [4.78, 5) is 0. The fraction of sp³-hybridized carbons (Fsp3) is 0.278. The van der Waals surface area contributed by atoms with E-state index in [0.717, 1.165) is 5.56 Å². The SMILES string of the molecule is COc1cc(C(Cc2ccc(C)cc2)=NO)cc(OC)c1OC. The Hall–Kier alpha value is -2.69. The summed E-state index contributed by atoms with van der Waals surface area (Å²) in [5.74, 6) is 1.55. The summed E-state index contributed by atoms with van der Waals surface area (Å²) < 4.78 is 16.0. The van der Waals surface area contributed by atoms with E-state index in [-0.39, 0.29) is 0 Å². The predicted octanol–water partition coefficient (Wildman–Crippen LogP) is 3.44. The van der Waals surface area contributed by atoms with Gasteiger partial charge in [-0.3, -0.25) is 0 Å². The van der Waals surface area contributed by atoms with Crippen molar-refractivity contribution in [3.05, 3.63) is 53.1 Å². The van der Waals surface area contributed by atoms with Crippen LogP contribution in [0.25, 0.3) is 0 Å². The van der Waals surface area contributed by atoms with Crippen LogP contribution in [0, 0.1) is 6.92 Å². The standard InChI is InChI=1S/C18H21NO4/c1-12-5-7-13(8-6-12)9-15(19-20)14-10-16(21-2)18(23-4)17(11-14)22-3/h5-8,10-11,20H,9H2,1-4H3. The topological polar surface area (TPSA) is 60.3 Å². The monoisotopic (exact) mass is 315 g/mol. The van der Waals surface area contributed by atoms with Gasteiger partial charge < -0.3 is 19.4 Å². The largest absolute Gasteiger partial charge is 0.493 e. The highest BCUT2D eigenvalue weighted by atomic mass is 16.5. The van der Waals surface area contributed by atoms with Gasteiger partial charge in [-0.25, -0.2) is 0 Å². The normalized spacial score (nSPS) is 11.2. The molecule has 5 heteroatoms. The Bertz CT molecular complexity index is 668. The number of hydrogen-bond acceptors (Lipinski definition) is 5. The molecule has 2 aromatic rings. The maximum atomic E-state index is 9.42. The molecular weight excluding hydrogens is 294 g/mol. The fourth-order valence-electron chi connectivity index (χ4n) is 2.34. The van der Waals surface area contributed by atoms with Crippen LogP contribution in [0.5, 0.6) is 17.2 Å². The Balaban J connectivity index is 2.39. The van der Waals surface area contributed by atoms with E-state index in [9.17, 15) is 5.21 Å². The van der Waals surface area contributed by atoms with Crippen molar-refractivity contribution in [2.75, 3.05) is 21.3 Å². The molecule has 0 fully saturated rings. The first-order chi connectivity index (χ1) is 11.1. The Kier molecular flexibility index (Phi) is 5.46. The zero-order valence-electron chi connectivity index (χ0n) is 13.8. The van der Waals surface area contributed by atoms with Crippen LogP contribution in [-0.2, 0) is 6.42 Å². The van der Waals surface area contributed by atoms with Crippen LogP contribution in [0.1, 0.15) is 16.7 Å². The fourth-order valence-corrected chi connectivity index (χ4v) is 2.34. The van der Waals surface area contributed by atoms with E-state index in [2.05, 4.69) is 5.16 Å². The van der Waals surface area contributed by atoms with E-state index in [0.29, 0.717) is 34.9 Å². The molecule has 2 aromatic carbocycles. The maximum absolute atomic E-state index is 9.42. The third-order valence-corrected chi connectivity index (χ3v) is 3.61. The summed E-state index contributed by atoms with van der Waals surface area (Å²) in [6.45, 7) is 2.03. The van der Waals surface area contributed by atoms with E-state index in [1.807, 2.05) is 31.2 Å². The maximum Gasteiger partial charge on any atom is 0.203 e. The van der Waals surface area contributed by atoms with Crippen LogP contribution in [0.4, 0.5) is 0 Å². The van der Waals surface area contributed by atoms with E-state index in [1.54, 1.807) is 33.5 Å². The molecule has 1 N–H and O–H groups in total. The van der Waals surface area contributed by atoms with Crippen molar-refractivity contribution >= 4 is 5.71 Å². The molecule has 0 bridgehead atoms. The summed E-state index contributed by atoms with van der Waals surface area (Å²) in [7, 11) is 4.65. The molecule has 0 radical (unpaired) electrons. The second-order valence-corrected chi connectivity index (χ2v) is 5.12. The minimum atomic E-state index is 0.495. The van der Waals surface area contributed by atoms with Gasteiger partial charge in [-0.1, -0.05) is 35.0 Å². The van der Waals surface area contributed by atoms with Crippen LogP contribution < -0.4 is 14.2 Å². The molecule has 2 rings (SSSR count). The Morgan fingerprint density at radius 2 is 1.52 bits per heavy atom. The predicted molar refractivity (Wildman–Crippen MR) is 89.3 cm³/mol. The number of rotatable bonds is 6. The van der Waals surface area contributed by atoms with Gasteiger partial charge in [-0.15, -0.1) is 0 Å². The lowest BCUT2D eigenvalue weighted by molar-refractivity contribution is 0.317. The van der Waals surface area contributed by atoms with Gasteiger partial charge in [-0.2, -0.15) is 0 Å².